The average Bonchev–Trinajstić information content (AvgIpc) is 3.02. The third-order valence-corrected chi connectivity index (χ3v) is 4.14. The Morgan fingerprint density at radius 2 is 1.89 bits per heavy atom. The number of nitrogens with one attached hydrogen (secondary N) is 2. The summed E-state index contributed by atoms with van der Waals surface area (Å²) in [6, 6.07) is 7.05. The molecule has 0 bridgehead atoms. The molecule has 1 aliphatic heterocycles. The highest BCUT2D eigenvalue weighted by Crippen LogP contribution is 2.26. The Labute approximate surface area is 159 Å². The number of benzene rings is 1. The normalized spacial score (nSPS) is 16.1. The molecule has 1 fully saturated rings. The predicted molar refractivity (Wildman–Crippen MR) is 101 cm³/mol. The summed E-state index contributed by atoms with van der Waals surface area (Å²) in [4.78, 5) is 37.0. The third-order valence-electron chi connectivity index (χ3n) is 4.14. The molecule has 2 N–H and O–H groups in total. The summed E-state index contributed by atoms with van der Waals surface area (Å²) in [5.41, 5.74) is 0.824. The molecule has 1 aliphatic rings. The number of carbonyl (C=O) groups excluding carboxylic acids is 3. The van der Waals surface area contributed by atoms with Crippen molar-refractivity contribution >= 4 is 23.6 Å². The maximum absolute atomic E-state index is 12.3. The van der Waals surface area contributed by atoms with E-state index in [2.05, 4.69) is 10.6 Å². The highest BCUT2D eigenvalue weighted by atomic mass is 16.5. The van der Waals surface area contributed by atoms with Crippen molar-refractivity contribution in [1.29, 1.82) is 0 Å². The van der Waals surface area contributed by atoms with Gasteiger partial charge in [0.05, 0.1) is 19.6 Å². The van der Waals surface area contributed by atoms with E-state index in [1.54, 1.807) is 11.8 Å². The highest BCUT2D eigenvalue weighted by Gasteiger charge is 2.30. The Kier molecular flexibility index (Phi) is 7.91. The molecular weight excluding hydrogens is 350 g/mol. The summed E-state index contributed by atoms with van der Waals surface area (Å²) in [7, 11) is 0. The van der Waals surface area contributed by atoms with Crippen molar-refractivity contribution in [1.82, 2.24) is 10.6 Å². The quantitative estimate of drug-likeness (QED) is 0.639. The topological polar surface area (TPSA) is 97.0 Å². The molecule has 0 spiro atoms. The molecule has 0 aliphatic carbocycles. The number of carbonyl (C=O) groups is 3. The maximum atomic E-state index is 12.3. The number of rotatable bonds is 9. The van der Waals surface area contributed by atoms with Gasteiger partial charge in [-0.2, -0.15) is 0 Å². The van der Waals surface area contributed by atoms with Gasteiger partial charge >= 0.3 is 12.0 Å². The van der Waals surface area contributed by atoms with E-state index in [9.17, 15) is 14.4 Å². The molecule has 0 radical (unpaired) electrons. The van der Waals surface area contributed by atoms with E-state index in [0.717, 1.165) is 11.4 Å². The van der Waals surface area contributed by atoms with E-state index in [1.165, 1.54) is 0 Å². The maximum Gasteiger partial charge on any atom is 0.314 e. The molecule has 0 aromatic heterocycles. The van der Waals surface area contributed by atoms with Crippen LogP contribution in [0.25, 0.3) is 0 Å². The van der Waals surface area contributed by atoms with Crippen LogP contribution in [0.1, 0.15) is 26.7 Å². The summed E-state index contributed by atoms with van der Waals surface area (Å²) >= 11 is 0. The lowest BCUT2D eigenvalue weighted by Crippen LogP contribution is -2.39. The van der Waals surface area contributed by atoms with E-state index >= 15 is 0 Å². The van der Waals surface area contributed by atoms with Crippen LogP contribution in [-0.2, 0) is 14.3 Å². The molecule has 8 nitrogen and oxygen atoms in total. The van der Waals surface area contributed by atoms with Crippen LogP contribution >= 0.6 is 0 Å². The van der Waals surface area contributed by atoms with Gasteiger partial charge < -0.3 is 25.0 Å². The zero-order chi connectivity index (χ0) is 19.6. The number of amides is 3. The molecule has 1 heterocycles. The van der Waals surface area contributed by atoms with Crippen LogP contribution in [0.5, 0.6) is 5.75 Å². The van der Waals surface area contributed by atoms with Crippen LogP contribution in [-0.4, -0.2) is 50.8 Å². The largest absolute Gasteiger partial charge is 0.494 e. The van der Waals surface area contributed by atoms with E-state index < -0.39 is 0 Å². The molecular formula is C19H27N3O5. The first-order valence-corrected chi connectivity index (χ1v) is 9.24. The molecule has 1 atom stereocenters. The van der Waals surface area contributed by atoms with Gasteiger partial charge in [-0.3, -0.25) is 9.59 Å². The lowest BCUT2D eigenvalue weighted by atomic mass is 10.1. The Morgan fingerprint density at radius 1 is 1.15 bits per heavy atom. The highest BCUT2D eigenvalue weighted by molar-refractivity contribution is 5.95. The number of hydrogen-bond acceptors (Lipinski definition) is 5. The number of anilines is 1. The second-order valence-corrected chi connectivity index (χ2v) is 6.19. The Bertz CT molecular complexity index is 647. The Hall–Kier alpha value is -2.77. The summed E-state index contributed by atoms with van der Waals surface area (Å²) in [5.74, 6) is 0.504. The summed E-state index contributed by atoms with van der Waals surface area (Å²) in [5, 5.41) is 5.35. The predicted octanol–water partition coefficient (Wildman–Crippen LogP) is 1.69. The van der Waals surface area contributed by atoms with Gasteiger partial charge in [-0.15, -0.1) is 0 Å². The number of esters is 1. The van der Waals surface area contributed by atoms with Gasteiger partial charge in [0.1, 0.15) is 5.75 Å². The van der Waals surface area contributed by atoms with Crippen LogP contribution in [0, 0.1) is 5.92 Å². The summed E-state index contributed by atoms with van der Waals surface area (Å²) in [6.07, 6.45) is 0.519. The number of urea groups is 1. The Morgan fingerprint density at radius 3 is 2.56 bits per heavy atom. The van der Waals surface area contributed by atoms with Crippen molar-refractivity contribution in [3.63, 3.8) is 0 Å². The minimum atomic E-state index is -0.355. The van der Waals surface area contributed by atoms with Gasteiger partial charge in [-0.05, 0) is 38.1 Å². The van der Waals surface area contributed by atoms with E-state index in [4.69, 9.17) is 9.47 Å². The van der Waals surface area contributed by atoms with Crippen molar-refractivity contribution in [2.45, 2.75) is 26.7 Å². The van der Waals surface area contributed by atoms with Gasteiger partial charge in [-0.1, -0.05) is 0 Å². The fourth-order valence-corrected chi connectivity index (χ4v) is 2.87. The van der Waals surface area contributed by atoms with Crippen LogP contribution in [0.3, 0.4) is 0 Å². The van der Waals surface area contributed by atoms with Gasteiger partial charge in [0.15, 0.2) is 0 Å². The first-order valence-electron chi connectivity index (χ1n) is 9.24. The lowest BCUT2D eigenvalue weighted by molar-refractivity contribution is -0.142. The standard InChI is InChI=1S/C19H27N3O5/c1-3-26-16-7-5-15(6-8-16)22-13-14(11-17(22)23)12-21-19(25)20-10-9-18(24)27-4-2/h5-8,14H,3-4,9-13H2,1-2H3,(H2,20,21,25)/t14-/m1/s1. The van der Waals surface area contributed by atoms with Crippen molar-refractivity contribution in [3.8, 4) is 5.75 Å². The summed E-state index contributed by atoms with van der Waals surface area (Å²) < 4.78 is 10.2. The lowest BCUT2D eigenvalue weighted by Gasteiger charge is -2.17. The van der Waals surface area contributed by atoms with Gasteiger partial charge in [0, 0.05) is 37.7 Å². The van der Waals surface area contributed by atoms with Crippen molar-refractivity contribution in [2.75, 3.05) is 37.7 Å². The van der Waals surface area contributed by atoms with E-state index in [0.29, 0.717) is 32.7 Å². The number of ether oxygens (including phenoxy) is 2. The average molecular weight is 377 g/mol. The fraction of sp³-hybridized carbons (Fsp3) is 0.526. The molecule has 1 aromatic rings. The summed E-state index contributed by atoms with van der Waals surface area (Å²) in [6.45, 7) is 5.73. The molecule has 148 valence electrons. The van der Waals surface area contributed by atoms with Crippen LogP contribution < -0.4 is 20.3 Å². The fourth-order valence-electron chi connectivity index (χ4n) is 2.87. The molecule has 8 heteroatoms. The molecule has 0 unspecified atom stereocenters. The second-order valence-electron chi connectivity index (χ2n) is 6.19. The minimum Gasteiger partial charge on any atom is -0.494 e. The zero-order valence-corrected chi connectivity index (χ0v) is 15.8. The van der Waals surface area contributed by atoms with E-state index in [1.807, 2.05) is 31.2 Å². The van der Waals surface area contributed by atoms with Gasteiger partial charge in [-0.25, -0.2) is 4.79 Å². The van der Waals surface area contributed by atoms with Gasteiger partial charge in [0.25, 0.3) is 0 Å². The molecule has 3 amide bonds. The molecule has 2 rings (SSSR count). The SMILES string of the molecule is CCOC(=O)CCNC(=O)NC[C@H]1CC(=O)N(c2ccc(OCC)cc2)C1. The van der Waals surface area contributed by atoms with Gasteiger partial charge in [0.2, 0.25) is 5.91 Å². The van der Waals surface area contributed by atoms with Crippen LogP contribution in [0.15, 0.2) is 24.3 Å². The minimum absolute atomic E-state index is 0.0358. The molecule has 1 aromatic carbocycles. The number of hydrogen-bond donors (Lipinski definition) is 2. The molecule has 0 saturated carbocycles. The second kappa shape index (κ2) is 10.4. The number of nitrogens with zero attached hydrogens (tertiary/aromatic N) is 1. The monoisotopic (exact) mass is 377 g/mol. The van der Waals surface area contributed by atoms with Crippen molar-refractivity contribution < 1.29 is 23.9 Å². The first-order chi connectivity index (χ1) is 13.0. The first kappa shape index (κ1) is 20.5. The van der Waals surface area contributed by atoms with Crippen LogP contribution in [0.4, 0.5) is 10.5 Å². The van der Waals surface area contributed by atoms with E-state index in [-0.39, 0.29) is 36.8 Å². The van der Waals surface area contributed by atoms with Crippen LogP contribution in [0.2, 0.25) is 0 Å². The molecule has 1 saturated heterocycles. The van der Waals surface area contributed by atoms with Crippen molar-refractivity contribution in [2.24, 2.45) is 5.92 Å². The zero-order valence-electron chi connectivity index (χ0n) is 15.8. The molecule has 27 heavy (non-hydrogen) atoms. The third kappa shape index (κ3) is 6.47. The van der Waals surface area contributed by atoms with Crippen molar-refractivity contribution in [3.05, 3.63) is 24.3 Å². The smallest absolute Gasteiger partial charge is 0.314 e. The Balaban J connectivity index is 1.73.